The third-order valence-electron chi connectivity index (χ3n) is 4.81. The third kappa shape index (κ3) is 4.69. The van der Waals surface area contributed by atoms with E-state index in [9.17, 15) is 14.0 Å². The first-order chi connectivity index (χ1) is 12.6. The van der Waals surface area contributed by atoms with E-state index in [-0.39, 0.29) is 23.5 Å². The van der Waals surface area contributed by atoms with Gasteiger partial charge in [-0.2, -0.15) is 0 Å². The number of halogens is 1. The summed E-state index contributed by atoms with van der Waals surface area (Å²) < 4.78 is 12.9. The number of carbonyl (C=O) groups is 2. The number of hydrogen-bond donors (Lipinski definition) is 1. The number of nitrogens with one attached hydrogen (secondary N) is 1. The van der Waals surface area contributed by atoms with Crippen LogP contribution in [-0.4, -0.2) is 36.3 Å². The minimum atomic E-state index is -0.259. The van der Waals surface area contributed by atoms with Crippen LogP contribution in [0.4, 0.5) is 9.18 Å². The van der Waals surface area contributed by atoms with Gasteiger partial charge < -0.3 is 10.2 Å². The molecule has 0 unspecified atom stereocenters. The maximum atomic E-state index is 12.9. The summed E-state index contributed by atoms with van der Waals surface area (Å²) in [4.78, 5) is 26.5. The highest BCUT2D eigenvalue weighted by Crippen LogP contribution is 2.21. The van der Waals surface area contributed by atoms with E-state index in [2.05, 4.69) is 5.32 Å². The number of urea groups is 1. The van der Waals surface area contributed by atoms with Crippen molar-refractivity contribution < 1.29 is 14.0 Å². The molecule has 0 aromatic heterocycles. The van der Waals surface area contributed by atoms with E-state index >= 15 is 0 Å². The normalized spacial score (nSPS) is 14.9. The molecule has 2 aromatic rings. The number of amides is 2. The predicted molar refractivity (Wildman–Crippen MR) is 98.6 cm³/mol. The zero-order valence-corrected chi connectivity index (χ0v) is 14.7. The van der Waals surface area contributed by atoms with Crippen molar-refractivity contribution >= 4 is 11.8 Å². The van der Waals surface area contributed by atoms with Gasteiger partial charge in [0.2, 0.25) is 0 Å². The summed E-state index contributed by atoms with van der Waals surface area (Å²) in [5, 5.41) is 2.90. The van der Waals surface area contributed by atoms with Gasteiger partial charge in [-0.25, -0.2) is 9.18 Å². The SMILES string of the molecule is O=C(c1ccccc1)C1CCN(C(=O)NCCc2ccc(F)cc2)CC1. The second kappa shape index (κ2) is 8.61. The molecule has 2 amide bonds. The van der Waals surface area contributed by atoms with E-state index in [4.69, 9.17) is 0 Å². The van der Waals surface area contributed by atoms with Crippen molar-refractivity contribution in [2.24, 2.45) is 5.92 Å². The van der Waals surface area contributed by atoms with Crippen molar-refractivity contribution in [3.63, 3.8) is 0 Å². The average Bonchev–Trinajstić information content (AvgIpc) is 2.69. The number of nitrogens with zero attached hydrogens (tertiary/aromatic N) is 1. The summed E-state index contributed by atoms with van der Waals surface area (Å²) in [6, 6.07) is 15.5. The maximum Gasteiger partial charge on any atom is 0.317 e. The molecule has 0 bridgehead atoms. The number of Topliss-reactive ketones (excluding diaryl/α,β-unsaturated/α-hetero) is 1. The molecule has 26 heavy (non-hydrogen) atoms. The lowest BCUT2D eigenvalue weighted by atomic mass is 9.89. The first kappa shape index (κ1) is 18.1. The smallest absolute Gasteiger partial charge is 0.317 e. The zero-order valence-electron chi connectivity index (χ0n) is 14.7. The fourth-order valence-electron chi connectivity index (χ4n) is 3.26. The van der Waals surface area contributed by atoms with Crippen molar-refractivity contribution in [2.75, 3.05) is 19.6 Å². The van der Waals surface area contributed by atoms with Gasteiger partial charge >= 0.3 is 6.03 Å². The van der Waals surface area contributed by atoms with Crippen LogP contribution >= 0.6 is 0 Å². The van der Waals surface area contributed by atoms with Crippen LogP contribution in [0, 0.1) is 11.7 Å². The highest BCUT2D eigenvalue weighted by molar-refractivity contribution is 5.97. The summed E-state index contributed by atoms with van der Waals surface area (Å²) in [5.41, 5.74) is 1.73. The topological polar surface area (TPSA) is 49.4 Å². The molecule has 136 valence electrons. The van der Waals surface area contributed by atoms with E-state index in [1.807, 2.05) is 30.3 Å². The molecule has 1 heterocycles. The first-order valence-corrected chi connectivity index (χ1v) is 9.00. The van der Waals surface area contributed by atoms with Crippen molar-refractivity contribution in [3.05, 3.63) is 71.5 Å². The summed E-state index contributed by atoms with van der Waals surface area (Å²) in [7, 11) is 0. The van der Waals surface area contributed by atoms with E-state index in [1.54, 1.807) is 17.0 Å². The highest BCUT2D eigenvalue weighted by Gasteiger charge is 2.27. The van der Waals surface area contributed by atoms with Gasteiger partial charge in [0.25, 0.3) is 0 Å². The molecule has 1 fully saturated rings. The molecule has 3 rings (SSSR count). The lowest BCUT2D eigenvalue weighted by Gasteiger charge is -2.31. The first-order valence-electron chi connectivity index (χ1n) is 9.00. The van der Waals surface area contributed by atoms with Crippen LogP contribution < -0.4 is 5.32 Å². The maximum absolute atomic E-state index is 12.9. The van der Waals surface area contributed by atoms with Crippen LogP contribution in [0.3, 0.4) is 0 Å². The number of piperidine rings is 1. The Morgan fingerprint density at radius 1 is 1.00 bits per heavy atom. The van der Waals surface area contributed by atoms with Gasteiger partial charge in [0.15, 0.2) is 5.78 Å². The Morgan fingerprint density at radius 3 is 2.31 bits per heavy atom. The third-order valence-corrected chi connectivity index (χ3v) is 4.81. The number of hydrogen-bond acceptors (Lipinski definition) is 2. The standard InChI is InChI=1S/C21H23FN2O2/c22-19-8-6-16(7-9-19)10-13-23-21(26)24-14-11-18(12-15-24)20(25)17-4-2-1-3-5-17/h1-9,18H,10-15H2,(H,23,26). The molecular weight excluding hydrogens is 331 g/mol. The second-order valence-corrected chi connectivity index (χ2v) is 6.60. The zero-order chi connectivity index (χ0) is 18.4. The van der Waals surface area contributed by atoms with Crippen molar-refractivity contribution in [3.8, 4) is 0 Å². The molecule has 4 nitrogen and oxygen atoms in total. The largest absolute Gasteiger partial charge is 0.338 e. The molecule has 0 saturated carbocycles. The minimum Gasteiger partial charge on any atom is -0.338 e. The number of benzene rings is 2. The Hall–Kier alpha value is -2.69. The highest BCUT2D eigenvalue weighted by atomic mass is 19.1. The van der Waals surface area contributed by atoms with E-state index in [0.717, 1.165) is 11.1 Å². The summed E-state index contributed by atoms with van der Waals surface area (Å²) >= 11 is 0. The number of rotatable bonds is 5. The molecule has 0 spiro atoms. The quantitative estimate of drug-likeness (QED) is 0.833. The number of likely N-dealkylation sites (tertiary alicyclic amines) is 1. The van der Waals surface area contributed by atoms with Crippen LogP contribution in [0.25, 0.3) is 0 Å². The number of carbonyl (C=O) groups excluding carboxylic acids is 2. The molecule has 1 N–H and O–H groups in total. The summed E-state index contributed by atoms with van der Waals surface area (Å²) in [6.07, 6.45) is 2.05. The van der Waals surface area contributed by atoms with Gasteiger partial charge in [0.05, 0.1) is 0 Å². The van der Waals surface area contributed by atoms with E-state index in [1.165, 1.54) is 12.1 Å². The van der Waals surface area contributed by atoms with Crippen LogP contribution in [0.1, 0.15) is 28.8 Å². The Bertz CT molecular complexity index is 738. The van der Waals surface area contributed by atoms with Crippen LogP contribution in [0.5, 0.6) is 0 Å². The number of ketones is 1. The van der Waals surface area contributed by atoms with Gasteiger partial charge in [-0.15, -0.1) is 0 Å². The second-order valence-electron chi connectivity index (χ2n) is 6.60. The lowest BCUT2D eigenvalue weighted by molar-refractivity contribution is 0.0854. The monoisotopic (exact) mass is 354 g/mol. The fourth-order valence-corrected chi connectivity index (χ4v) is 3.26. The molecule has 1 aliphatic heterocycles. The Kier molecular flexibility index (Phi) is 6.00. The average molecular weight is 354 g/mol. The molecule has 5 heteroatoms. The lowest BCUT2D eigenvalue weighted by Crippen LogP contribution is -2.45. The molecule has 2 aromatic carbocycles. The summed E-state index contributed by atoms with van der Waals surface area (Å²) in [5.74, 6) is -0.103. The van der Waals surface area contributed by atoms with Crippen molar-refractivity contribution in [1.82, 2.24) is 10.2 Å². The predicted octanol–water partition coefficient (Wildman–Crippen LogP) is 3.67. The van der Waals surface area contributed by atoms with Crippen LogP contribution in [0.15, 0.2) is 54.6 Å². The van der Waals surface area contributed by atoms with Gasteiger partial charge in [0, 0.05) is 31.1 Å². The Balaban J connectivity index is 1.42. The molecule has 1 aliphatic rings. The van der Waals surface area contributed by atoms with Crippen LogP contribution in [0.2, 0.25) is 0 Å². The van der Waals surface area contributed by atoms with Crippen molar-refractivity contribution in [2.45, 2.75) is 19.3 Å². The van der Waals surface area contributed by atoms with E-state index in [0.29, 0.717) is 38.9 Å². The van der Waals surface area contributed by atoms with Gasteiger partial charge in [0.1, 0.15) is 5.82 Å². The molecular formula is C21H23FN2O2. The molecule has 1 saturated heterocycles. The molecule has 0 radical (unpaired) electrons. The van der Waals surface area contributed by atoms with Gasteiger partial charge in [-0.05, 0) is 37.0 Å². The Morgan fingerprint density at radius 2 is 1.65 bits per heavy atom. The van der Waals surface area contributed by atoms with Gasteiger partial charge in [-0.1, -0.05) is 42.5 Å². The molecule has 0 aliphatic carbocycles. The summed E-state index contributed by atoms with van der Waals surface area (Å²) in [6.45, 7) is 1.69. The van der Waals surface area contributed by atoms with Crippen LogP contribution in [-0.2, 0) is 6.42 Å². The Labute approximate surface area is 153 Å². The van der Waals surface area contributed by atoms with Crippen molar-refractivity contribution in [1.29, 1.82) is 0 Å². The van der Waals surface area contributed by atoms with Gasteiger partial charge in [-0.3, -0.25) is 4.79 Å². The molecule has 0 atom stereocenters. The van der Waals surface area contributed by atoms with E-state index < -0.39 is 0 Å². The fraction of sp³-hybridized carbons (Fsp3) is 0.333. The minimum absolute atomic E-state index is 0.0133.